The quantitative estimate of drug-likeness (QED) is 0.472. The van der Waals surface area contributed by atoms with Gasteiger partial charge in [0.05, 0.1) is 0 Å². The fourth-order valence-electron chi connectivity index (χ4n) is 2.28. The summed E-state index contributed by atoms with van der Waals surface area (Å²) in [6, 6.07) is 0. The Morgan fingerprint density at radius 1 is 1.33 bits per heavy atom. The zero-order valence-corrected chi connectivity index (χ0v) is 6.14. The van der Waals surface area contributed by atoms with Gasteiger partial charge in [-0.05, 0) is 31.2 Å². The molecule has 2 rings (SSSR count). The Kier molecular flexibility index (Phi) is 1.26. The molecule has 0 amide bonds. The summed E-state index contributed by atoms with van der Waals surface area (Å²) in [7, 11) is 0. The minimum absolute atomic E-state index is 0.993. The fourth-order valence-corrected chi connectivity index (χ4v) is 2.28. The Hall–Kier alpha value is -0.0400. The molecule has 3 unspecified atom stereocenters. The van der Waals surface area contributed by atoms with Crippen LogP contribution >= 0.6 is 0 Å². The van der Waals surface area contributed by atoms with Crippen molar-refractivity contribution in [2.45, 2.75) is 19.8 Å². The highest BCUT2D eigenvalue weighted by Crippen LogP contribution is 2.30. The summed E-state index contributed by atoms with van der Waals surface area (Å²) in [5.74, 6) is 2.05. The smallest absolute Gasteiger partial charge is 0.00128 e. The predicted molar refractivity (Wildman–Crippen MR) is 38.3 cm³/mol. The number of hydrogen-bond donors (Lipinski definition) is 0. The van der Waals surface area contributed by atoms with E-state index in [1.54, 1.807) is 0 Å². The first kappa shape index (κ1) is 5.72. The third-order valence-electron chi connectivity index (χ3n) is 2.89. The zero-order valence-electron chi connectivity index (χ0n) is 6.14. The maximum absolute atomic E-state index is 2.61. The molecule has 9 heavy (non-hydrogen) atoms. The second-order valence-electron chi connectivity index (χ2n) is 3.64. The average Bonchev–Trinajstić information content (AvgIpc) is 2.09. The lowest BCUT2D eigenvalue weighted by Crippen LogP contribution is -2.25. The predicted octanol–water partition coefficient (Wildman–Crippen LogP) is 1.35. The molecule has 0 radical (unpaired) electrons. The molecule has 2 aliphatic heterocycles. The van der Waals surface area contributed by atoms with Gasteiger partial charge in [-0.3, -0.25) is 0 Å². The van der Waals surface area contributed by atoms with Crippen molar-refractivity contribution in [3.8, 4) is 0 Å². The summed E-state index contributed by atoms with van der Waals surface area (Å²) in [6.07, 6.45) is 2.95. The van der Waals surface area contributed by atoms with E-state index in [1.807, 2.05) is 0 Å². The monoisotopic (exact) mass is 125 g/mol. The molecule has 2 saturated heterocycles. The van der Waals surface area contributed by atoms with Gasteiger partial charge in [-0.15, -0.1) is 0 Å². The maximum atomic E-state index is 2.61. The van der Waals surface area contributed by atoms with Gasteiger partial charge in [0.2, 0.25) is 0 Å². The lowest BCUT2D eigenvalue weighted by atomic mass is 9.93. The molecule has 2 bridgehead atoms. The highest BCUT2D eigenvalue weighted by atomic mass is 15.2. The molecule has 0 aromatic heterocycles. The minimum atomic E-state index is 0.993. The van der Waals surface area contributed by atoms with Gasteiger partial charge >= 0.3 is 0 Å². The topological polar surface area (TPSA) is 3.24 Å². The third-order valence-corrected chi connectivity index (χ3v) is 2.89. The first-order chi connectivity index (χ1) is 4.36. The number of piperidine rings is 1. The van der Waals surface area contributed by atoms with Gasteiger partial charge in [0.15, 0.2) is 0 Å². The summed E-state index contributed by atoms with van der Waals surface area (Å²) >= 11 is 0. The van der Waals surface area contributed by atoms with Crippen LogP contribution in [0.25, 0.3) is 0 Å². The van der Waals surface area contributed by atoms with Crippen molar-refractivity contribution in [1.29, 1.82) is 0 Å². The number of rotatable bonds is 0. The normalized spacial score (nSPS) is 49.7. The van der Waals surface area contributed by atoms with Crippen molar-refractivity contribution in [3.63, 3.8) is 0 Å². The van der Waals surface area contributed by atoms with E-state index in [-0.39, 0.29) is 0 Å². The van der Waals surface area contributed by atoms with E-state index >= 15 is 0 Å². The summed E-state index contributed by atoms with van der Waals surface area (Å²) in [5.41, 5.74) is 0. The molecule has 0 aromatic rings. The van der Waals surface area contributed by atoms with Gasteiger partial charge in [0, 0.05) is 13.1 Å². The van der Waals surface area contributed by atoms with Crippen LogP contribution in [0.2, 0.25) is 0 Å². The van der Waals surface area contributed by atoms with Crippen molar-refractivity contribution in [2.75, 3.05) is 19.6 Å². The molecule has 0 N–H and O–H groups in total. The molecule has 1 nitrogen and oxygen atoms in total. The van der Waals surface area contributed by atoms with E-state index in [0.717, 1.165) is 11.8 Å². The van der Waals surface area contributed by atoms with Crippen molar-refractivity contribution in [2.24, 2.45) is 11.8 Å². The van der Waals surface area contributed by atoms with E-state index in [4.69, 9.17) is 0 Å². The van der Waals surface area contributed by atoms with E-state index in [2.05, 4.69) is 11.8 Å². The summed E-state index contributed by atoms with van der Waals surface area (Å²) in [4.78, 5) is 2.61. The van der Waals surface area contributed by atoms with Crippen LogP contribution in [-0.2, 0) is 0 Å². The summed E-state index contributed by atoms with van der Waals surface area (Å²) < 4.78 is 0. The van der Waals surface area contributed by atoms with E-state index in [9.17, 15) is 0 Å². The SMILES string of the molecule is CC1CN2CCCC1C2. The number of nitrogens with zero attached hydrogens (tertiary/aromatic N) is 1. The minimum Gasteiger partial charge on any atom is -0.303 e. The largest absolute Gasteiger partial charge is 0.303 e. The molecule has 0 aromatic carbocycles. The molecule has 0 spiro atoms. The van der Waals surface area contributed by atoms with Crippen molar-refractivity contribution in [3.05, 3.63) is 0 Å². The molecule has 2 aliphatic rings. The van der Waals surface area contributed by atoms with Crippen LogP contribution in [0.15, 0.2) is 0 Å². The second-order valence-corrected chi connectivity index (χ2v) is 3.64. The number of hydrogen-bond acceptors (Lipinski definition) is 1. The van der Waals surface area contributed by atoms with Crippen LogP contribution in [-0.4, -0.2) is 24.5 Å². The fraction of sp³-hybridized carbons (Fsp3) is 1.00. The average molecular weight is 125 g/mol. The van der Waals surface area contributed by atoms with Gasteiger partial charge in [-0.1, -0.05) is 6.92 Å². The molecule has 2 fully saturated rings. The maximum Gasteiger partial charge on any atom is 0.00128 e. The second kappa shape index (κ2) is 1.98. The molecule has 52 valence electrons. The van der Waals surface area contributed by atoms with Crippen LogP contribution in [0, 0.1) is 11.8 Å². The van der Waals surface area contributed by atoms with Crippen LogP contribution in [0.3, 0.4) is 0 Å². The number of fused-ring (bicyclic) bond motifs is 2. The Balaban J connectivity index is 2.07. The summed E-state index contributed by atoms with van der Waals surface area (Å²) in [5, 5.41) is 0. The molecule has 0 aliphatic carbocycles. The highest BCUT2D eigenvalue weighted by Gasteiger charge is 2.31. The third kappa shape index (κ3) is 0.877. The molecule has 0 saturated carbocycles. The Morgan fingerprint density at radius 2 is 2.22 bits per heavy atom. The van der Waals surface area contributed by atoms with E-state index < -0.39 is 0 Å². The molecular weight excluding hydrogens is 110 g/mol. The Labute approximate surface area is 57.0 Å². The van der Waals surface area contributed by atoms with Crippen LogP contribution in [0.1, 0.15) is 19.8 Å². The van der Waals surface area contributed by atoms with Crippen molar-refractivity contribution in [1.82, 2.24) is 4.90 Å². The molecular formula is C8H15N. The Morgan fingerprint density at radius 3 is 2.89 bits per heavy atom. The lowest BCUT2D eigenvalue weighted by molar-refractivity contribution is 0.269. The van der Waals surface area contributed by atoms with Crippen molar-refractivity contribution >= 4 is 0 Å². The van der Waals surface area contributed by atoms with Gasteiger partial charge in [-0.2, -0.15) is 0 Å². The van der Waals surface area contributed by atoms with E-state index in [0.29, 0.717) is 0 Å². The van der Waals surface area contributed by atoms with Crippen LogP contribution < -0.4 is 0 Å². The van der Waals surface area contributed by atoms with Gasteiger partial charge in [-0.25, -0.2) is 0 Å². The first-order valence-corrected chi connectivity index (χ1v) is 4.08. The molecule has 3 atom stereocenters. The summed E-state index contributed by atoms with van der Waals surface area (Å²) in [6.45, 7) is 6.56. The molecule has 2 heterocycles. The van der Waals surface area contributed by atoms with Gasteiger partial charge in [0.25, 0.3) is 0 Å². The first-order valence-electron chi connectivity index (χ1n) is 4.08. The van der Waals surface area contributed by atoms with Crippen LogP contribution in [0.5, 0.6) is 0 Å². The standard InChI is InChI=1S/C8H15N/c1-7-5-9-4-2-3-8(7)6-9/h7-8H,2-6H2,1H3. The van der Waals surface area contributed by atoms with Crippen LogP contribution in [0.4, 0.5) is 0 Å². The highest BCUT2D eigenvalue weighted by molar-refractivity contribution is 4.85. The van der Waals surface area contributed by atoms with Gasteiger partial charge in [0.1, 0.15) is 0 Å². The lowest BCUT2D eigenvalue weighted by Gasteiger charge is -2.21. The van der Waals surface area contributed by atoms with E-state index in [1.165, 1.54) is 32.5 Å². The van der Waals surface area contributed by atoms with Crippen molar-refractivity contribution < 1.29 is 0 Å². The van der Waals surface area contributed by atoms with Gasteiger partial charge < -0.3 is 4.90 Å². The zero-order chi connectivity index (χ0) is 6.27. The molecule has 1 heteroatoms. The Bertz CT molecular complexity index is 109.